The van der Waals surface area contributed by atoms with Crippen LogP contribution in [-0.4, -0.2) is 41.0 Å². The molecule has 50 heavy (non-hydrogen) atoms. The molecule has 1 atom stereocenters. The van der Waals surface area contributed by atoms with Crippen molar-refractivity contribution in [2.45, 2.75) is 200 Å². The normalized spacial score (nSPS) is 12.8. The fraction of sp³-hybridized carbons (Fsp3) is 0.805. The zero-order valence-corrected chi connectivity index (χ0v) is 32.9. The van der Waals surface area contributed by atoms with Gasteiger partial charge in [-0.25, -0.2) is 4.57 Å². The van der Waals surface area contributed by atoms with Crippen molar-refractivity contribution in [3.05, 3.63) is 36.5 Å². The lowest BCUT2D eigenvalue weighted by Gasteiger charge is -2.18. The second-order valence-corrected chi connectivity index (χ2v) is 14.8. The number of hydrogen-bond donors (Lipinski definition) is 2. The zero-order chi connectivity index (χ0) is 36.8. The third kappa shape index (κ3) is 39.1. The number of carbonyl (C=O) groups is 2. The summed E-state index contributed by atoms with van der Waals surface area (Å²) in [6.07, 6.45) is 42.9. The molecule has 0 saturated heterocycles. The van der Waals surface area contributed by atoms with Gasteiger partial charge in [0.25, 0.3) is 0 Å². The van der Waals surface area contributed by atoms with Crippen LogP contribution in [0.25, 0.3) is 0 Å². The smallest absolute Gasteiger partial charge is 0.462 e. The minimum Gasteiger partial charge on any atom is -0.462 e. The predicted octanol–water partition coefficient (Wildman–Crippen LogP) is 12.2. The number of esters is 2. The quantitative estimate of drug-likeness (QED) is 0.0281. The first-order chi connectivity index (χ1) is 24.3. The molecule has 0 aromatic heterocycles. The number of hydrogen-bond acceptors (Lipinski definition) is 6. The molecular weight excluding hydrogens is 651 g/mol. The molecule has 0 aliphatic carbocycles. The maximum absolute atomic E-state index is 12.4. The number of ether oxygens (including phenoxy) is 2. The van der Waals surface area contributed by atoms with E-state index >= 15 is 0 Å². The second-order valence-electron chi connectivity index (χ2n) is 13.6. The number of phosphoric acid groups is 1. The topological polar surface area (TPSA) is 119 Å². The van der Waals surface area contributed by atoms with Crippen LogP contribution in [0.4, 0.5) is 0 Å². The van der Waals surface area contributed by atoms with Gasteiger partial charge in [-0.3, -0.25) is 14.1 Å². The SMILES string of the molecule is CCCCCC/C=C\C/C=C\CCCCCCCC(=O)OC(COC(=O)CCCCCCC/C=C\CCCCCCCCC)COP(=O)(O)O. The van der Waals surface area contributed by atoms with Crippen LogP contribution in [-0.2, 0) is 28.2 Å². The zero-order valence-electron chi connectivity index (χ0n) is 32.0. The maximum Gasteiger partial charge on any atom is 0.469 e. The Labute approximate surface area is 306 Å². The van der Waals surface area contributed by atoms with Crippen molar-refractivity contribution in [3.63, 3.8) is 0 Å². The Morgan fingerprint density at radius 1 is 0.520 bits per heavy atom. The van der Waals surface area contributed by atoms with Gasteiger partial charge in [0.1, 0.15) is 6.61 Å². The van der Waals surface area contributed by atoms with Gasteiger partial charge >= 0.3 is 19.8 Å². The van der Waals surface area contributed by atoms with Gasteiger partial charge in [0, 0.05) is 12.8 Å². The molecule has 0 aliphatic heterocycles. The largest absolute Gasteiger partial charge is 0.469 e. The summed E-state index contributed by atoms with van der Waals surface area (Å²) in [5, 5.41) is 0. The van der Waals surface area contributed by atoms with Gasteiger partial charge in [-0.05, 0) is 70.6 Å². The van der Waals surface area contributed by atoms with Crippen LogP contribution in [0.1, 0.15) is 194 Å². The second kappa shape index (κ2) is 37.0. The average Bonchev–Trinajstić information content (AvgIpc) is 3.08. The van der Waals surface area contributed by atoms with Crippen LogP contribution in [0.3, 0.4) is 0 Å². The molecule has 0 amide bonds. The van der Waals surface area contributed by atoms with E-state index in [-0.39, 0.29) is 19.4 Å². The lowest BCUT2D eigenvalue weighted by atomic mass is 10.1. The van der Waals surface area contributed by atoms with Crippen LogP contribution in [0.15, 0.2) is 36.5 Å². The standard InChI is InChI=1S/C41H75O8P/c1-3-5-7-9-11-13-15-17-19-21-23-25-27-29-31-33-35-40(42)47-37-39(38-48-50(44,45)46)49-41(43)36-34-32-30-28-26-24-22-20-18-16-14-12-10-8-6-4-2/h14,16,19-22,39H,3-13,15,17-18,23-38H2,1-2H3,(H2,44,45,46)/b16-14-,21-19-,22-20-. The van der Waals surface area contributed by atoms with E-state index in [1.807, 2.05) is 0 Å². The Morgan fingerprint density at radius 3 is 1.36 bits per heavy atom. The van der Waals surface area contributed by atoms with E-state index in [9.17, 15) is 14.2 Å². The van der Waals surface area contributed by atoms with E-state index in [0.717, 1.165) is 70.6 Å². The van der Waals surface area contributed by atoms with Gasteiger partial charge in [-0.2, -0.15) is 0 Å². The Kier molecular flexibility index (Phi) is 35.8. The van der Waals surface area contributed by atoms with Gasteiger partial charge in [0.05, 0.1) is 6.61 Å². The summed E-state index contributed by atoms with van der Waals surface area (Å²) < 4.78 is 26.3. The van der Waals surface area contributed by atoms with E-state index in [0.29, 0.717) is 12.8 Å². The minimum atomic E-state index is -4.76. The molecule has 0 radical (unpaired) electrons. The first-order valence-electron chi connectivity index (χ1n) is 20.3. The number of unbranched alkanes of at least 4 members (excludes halogenated alkanes) is 21. The summed E-state index contributed by atoms with van der Waals surface area (Å²) in [5.74, 6) is -0.908. The van der Waals surface area contributed by atoms with Crippen LogP contribution >= 0.6 is 7.82 Å². The highest BCUT2D eigenvalue weighted by Crippen LogP contribution is 2.36. The van der Waals surface area contributed by atoms with Crippen molar-refractivity contribution in [2.24, 2.45) is 0 Å². The summed E-state index contributed by atoms with van der Waals surface area (Å²) in [5.41, 5.74) is 0. The molecule has 9 heteroatoms. The fourth-order valence-corrected chi connectivity index (χ4v) is 5.93. The van der Waals surface area contributed by atoms with Gasteiger partial charge < -0.3 is 19.3 Å². The molecule has 0 fully saturated rings. The Bertz CT molecular complexity index is 910. The molecule has 0 saturated carbocycles. The summed E-state index contributed by atoms with van der Waals surface area (Å²) in [7, 11) is -4.76. The van der Waals surface area contributed by atoms with Crippen LogP contribution in [0, 0.1) is 0 Å². The summed E-state index contributed by atoms with van der Waals surface area (Å²) >= 11 is 0. The first kappa shape index (κ1) is 48.3. The molecule has 0 spiro atoms. The predicted molar refractivity (Wildman–Crippen MR) is 207 cm³/mol. The fourth-order valence-electron chi connectivity index (χ4n) is 5.57. The highest BCUT2D eigenvalue weighted by Gasteiger charge is 2.22. The third-order valence-corrected chi connectivity index (χ3v) is 9.12. The molecule has 0 bridgehead atoms. The molecule has 1 unspecified atom stereocenters. The van der Waals surface area contributed by atoms with E-state index in [1.54, 1.807) is 0 Å². The molecule has 0 aliphatic rings. The summed E-state index contributed by atoms with van der Waals surface area (Å²) in [4.78, 5) is 42.8. The molecule has 292 valence electrons. The Morgan fingerprint density at radius 2 is 0.900 bits per heavy atom. The van der Waals surface area contributed by atoms with Gasteiger partial charge in [-0.15, -0.1) is 0 Å². The molecule has 0 aromatic rings. The van der Waals surface area contributed by atoms with E-state index in [2.05, 4.69) is 54.8 Å². The molecule has 0 rings (SSSR count). The molecule has 0 heterocycles. The monoisotopic (exact) mass is 727 g/mol. The van der Waals surface area contributed by atoms with Crippen LogP contribution in [0.5, 0.6) is 0 Å². The number of rotatable bonds is 37. The van der Waals surface area contributed by atoms with E-state index in [4.69, 9.17) is 19.3 Å². The van der Waals surface area contributed by atoms with Crippen molar-refractivity contribution >= 4 is 19.8 Å². The highest BCUT2D eigenvalue weighted by molar-refractivity contribution is 7.46. The summed E-state index contributed by atoms with van der Waals surface area (Å²) in [6, 6.07) is 0. The van der Waals surface area contributed by atoms with Gasteiger partial charge in [-0.1, -0.05) is 147 Å². The van der Waals surface area contributed by atoms with E-state index in [1.165, 1.54) is 83.5 Å². The van der Waals surface area contributed by atoms with Crippen molar-refractivity contribution in [2.75, 3.05) is 13.2 Å². The van der Waals surface area contributed by atoms with Gasteiger partial charge in [0.2, 0.25) is 0 Å². The van der Waals surface area contributed by atoms with Crippen molar-refractivity contribution in [3.8, 4) is 0 Å². The van der Waals surface area contributed by atoms with Crippen molar-refractivity contribution in [1.29, 1.82) is 0 Å². The van der Waals surface area contributed by atoms with Crippen molar-refractivity contribution < 1.29 is 37.9 Å². The van der Waals surface area contributed by atoms with Crippen molar-refractivity contribution in [1.82, 2.24) is 0 Å². The molecule has 8 nitrogen and oxygen atoms in total. The minimum absolute atomic E-state index is 0.194. The molecular formula is C41H75O8P. The average molecular weight is 727 g/mol. The maximum atomic E-state index is 12.4. The lowest BCUT2D eigenvalue weighted by molar-refractivity contribution is -0.161. The Balaban J connectivity index is 3.97. The first-order valence-corrected chi connectivity index (χ1v) is 21.8. The van der Waals surface area contributed by atoms with E-state index < -0.39 is 32.5 Å². The highest BCUT2D eigenvalue weighted by atomic mass is 31.2. The number of carbonyl (C=O) groups excluding carboxylic acids is 2. The molecule has 2 N–H and O–H groups in total. The third-order valence-electron chi connectivity index (χ3n) is 8.63. The molecule has 0 aromatic carbocycles. The summed E-state index contributed by atoms with van der Waals surface area (Å²) in [6.45, 7) is 3.65. The van der Waals surface area contributed by atoms with Crippen LogP contribution in [0.2, 0.25) is 0 Å². The Hall–Kier alpha value is -1.73. The van der Waals surface area contributed by atoms with Crippen LogP contribution < -0.4 is 0 Å². The van der Waals surface area contributed by atoms with Gasteiger partial charge in [0.15, 0.2) is 6.10 Å². The number of phosphoric ester groups is 1. The number of allylic oxidation sites excluding steroid dienone is 6. The lowest BCUT2D eigenvalue weighted by Crippen LogP contribution is -2.29.